The SMILES string of the molecule is CC(=O)NC(C(=O)N1C[C@H](O)C[C@H]1C1=NC(C)(c2ccc(-c3scnc3C)cc2)ON1)C(C)(C)C. The Kier molecular flexibility index (Phi) is 6.74. The molecule has 9 nitrogen and oxygen atoms in total. The summed E-state index contributed by atoms with van der Waals surface area (Å²) in [6, 6.07) is 6.77. The molecular weight excluding hydrogens is 466 g/mol. The maximum absolute atomic E-state index is 13.5. The van der Waals surface area contributed by atoms with Crippen LogP contribution in [0.3, 0.4) is 0 Å². The summed E-state index contributed by atoms with van der Waals surface area (Å²) in [6.07, 6.45) is -0.363. The van der Waals surface area contributed by atoms with E-state index >= 15 is 0 Å². The van der Waals surface area contributed by atoms with Crippen molar-refractivity contribution in [3.63, 3.8) is 0 Å². The molecule has 0 radical (unpaired) electrons. The minimum absolute atomic E-state index is 0.163. The summed E-state index contributed by atoms with van der Waals surface area (Å²) >= 11 is 1.60. The lowest BCUT2D eigenvalue weighted by Gasteiger charge is -2.35. The number of aryl methyl sites for hydroxylation is 1. The Morgan fingerprint density at radius 2 is 2.00 bits per heavy atom. The van der Waals surface area contributed by atoms with E-state index in [1.54, 1.807) is 16.2 Å². The predicted molar refractivity (Wildman–Crippen MR) is 134 cm³/mol. The normalized spacial score (nSPS) is 25.2. The fourth-order valence-corrected chi connectivity index (χ4v) is 5.35. The number of benzene rings is 1. The van der Waals surface area contributed by atoms with E-state index in [1.165, 1.54) is 6.92 Å². The van der Waals surface area contributed by atoms with Gasteiger partial charge in [-0.2, -0.15) is 0 Å². The molecule has 35 heavy (non-hydrogen) atoms. The number of likely N-dealkylation sites (tertiary alicyclic amines) is 1. The number of nitrogens with one attached hydrogen (secondary N) is 2. The van der Waals surface area contributed by atoms with E-state index in [0.717, 1.165) is 21.7 Å². The molecule has 1 fully saturated rings. The highest BCUT2D eigenvalue weighted by molar-refractivity contribution is 7.13. The highest BCUT2D eigenvalue weighted by Gasteiger charge is 2.46. The van der Waals surface area contributed by atoms with Gasteiger partial charge in [0, 0.05) is 25.5 Å². The highest BCUT2D eigenvalue weighted by Crippen LogP contribution is 2.35. The van der Waals surface area contributed by atoms with Gasteiger partial charge in [0.05, 0.1) is 28.2 Å². The third-order valence-electron chi connectivity index (χ3n) is 6.45. The first kappa shape index (κ1) is 25.3. The lowest BCUT2D eigenvalue weighted by molar-refractivity contribution is -0.139. The van der Waals surface area contributed by atoms with Crippen LogP contribution in [0.4, 0.5) is 0 Å². The van der Waals surface area contributed by atoms with Gasteiger partial charge in [0.2, 0.25) is 17.5 Å². The van der Waals surface area contributed by atoms with Crippen LogP contribution in [0.1, 0.15) is 52.3 Å². The van der Waals surface area contributed by atoms with Crippen LogP contribution in [0.5, 0.6) is 0 Å². The summed E-state index contributed by atoms with van der Waals surface area (Å²) in [4.78, 5) is 43.1. The van der Waals surface area contributed by atoms with Crippen molar-refractivity contribution < 1.29 is 19.5 Å². The first-order chi connectivity index (χ1) is 16.4. The molecule has 188 valence electrons. The van der Waals surface area contributed by atoms with E-state index in [1.807, 2.05) is 64.4 Å². The second-order valence-corrected chi connectivity index (χ2v) is 11.3. The molecule has 0 spiro atoms. The van der Waals surface area contributed by atoms with Gasteiger partial charge in [-0.05, 0) is 24.8 Å². The summed E-state index contributed by atoms with van der Waals surface area (Å²) in [5.74, 6) is -0.0503. The summed E-state index contributed by atoms with van der Waals surface area (Å²) in [5, 5.41) is 13.2. The van der Waals surface area contributed by atoms with Gasteiger partial charge in [0.25, 0.3) is 0 Å². The molecule has 1 saturated heterocycles. The fourth-order valence-electron chi connectivity index (χ4n) is 4.54. The smallest absolute Gasteiger partial charge is 0.246 e. The summed E-state index contributed by atoms with van der Waals surface area (Å²) < 4.78 is 0. The number of amides is 2. The largest absolute Gasteiger partial charge is 0.391 e. The number of nitrogens with zero attached hydrogens (tertiary/aromatic N) is 3. The van der Waals surface area contributed by atoms with Crippen LogP contribution in [0.25, 0.3) is 10.4 Å². The summed E-state index contributed by atoms with van der Waals surface area (Å²) in [7, 11) is 0. The molecule has 3 N–H and O–H groups in total. The van der Waals surface area contributed by atoms with Crippen molar-refractivity contribution in [3.8, 4) is 10.4 Å². The number of aliphatic hydroxyl groups excluding tert-OH is 1. The van der Waals surface area contributed by atoms with Gasteiger partial charge in [-0.3, -0.25) is 9.59 Å². The standard InChI is InChI=1S/C25H33N5O4S/c1-14-20(35-13-26-14)16-7-9-17(10-8-16)25(6)28-22(29-34-25)19-11-18(32)12-30(19)23(33)21(24(3,4)5)27-15(2)31/h7-10,13,18-19,21,32H,11-12H2,1-6H3,(H,27,31)(H,28,29)/t18-,19+,21?,25?/m1/s1. The number of hydrogen-bond donors (Lipinski definition) is 3. The van der Waals surface area contributed by atoms with Gasteiger partial charge < -0.3 is 15.3 Å². The molecule has 2 aliphatic heterocycles. The molecular formula is C25H33N5O4S. The predicted octanol–water partition coefficient (Wildman–Crippen LogP) is 2.74. The number of aromatic nitrogens is 1. The average molecular weight is 500 g/mol. The fraction of sp³-hybridized carbons (Fsp3) is 0.520. The Labute approximate surface area is 209 Å². The lowest BCUT2D eigenvalue weighted by atomic mass is 9.85. The minimum Gasteiger partial charge on any atom is -0.391 e. The van der Waals surface area contributed by atoms with Crippen LogP contribution < -0.4 is 10.8 Å². The molecule has 0 bridgehead atoms. The molecule has 0 saturated carbocycles. The molecule has 2 unspecified atom stereocenters. The van der Waals surface area contributed by atoms with Crippen molar-refractivity contribution in [2.45, 2.75) is 71.9 Å². The van der Waals surface area contributed by atoms with E-state index < -0.39 is 29.3 Å². The molecule has 3 heterocycles. The Morgan fingerprint density at radius 1 is 1.31 bits per heavy atom. The quantitative estimate of drug-likeness (QED) is 0.583. The van der Waals surface area contributed by atoms with Crippen molar-refractivity contribution in [2.75, 3.05) is 6.54 Å². The third-order valence-corrected chi connectivity index (χ3v) is 7.43. The Bertz CT molecular complexity index is 1140. The molecule has 4 rings (SSSR count). The van der Waals surface area contributed by atoms with Crippen LogP contribution >= 0.6 is 11.3 Å². The van der Waals surface area contributed by atoms with Crippen molar-refractivity contribution in [2.24, 2.45) is 10.4 Å². The van der Waals surface area contributed by atoms with E-state index in [2.05, 4.69) is 15.8 Å². The van der Waals surface area contributed by atoms with E-state index in [4.69, 9.17) is 9.83 Å². The number of aliphatic hydroxyl groups is 1. The van der Waals surface area contributed by atoms with Crippen LogP contribution in [0.15, 0.2) is 34.8 Å². The number of carbonyl (C=O) groups excluding carboxylic acids is 2. The van der Waals surface area contributed by atoms with E-state index in [9.17, 15) is 14.7 Å². The molecule has 0 aliphatic carbocycles. The monoisotopic (exact) mass is 499 g/mol. The molecule has 1 aromatic carbocycles. The average Bonchev–Trinajstić information content (AvgIpc) is 3.49. The second kappa shape index (κ2) is 9.33. The second-order valence-electron chi connectivity index (χ2n) is 10.4. The van der Waals surface area contributed by atoms with Gasteiger partial charge in [0.15, 0.2) is 0 Å². The maximum atomic E-state index is 13.5. The third kappa shape index (κ3) is 5.10. The Hall–Kier alpha value is -2.82. The first-order valence-corrected chi connectivity index (χ1v) is 12.6. The van der Waals surface area contributed by atoms with Crippen molar-refractivity contribution in [1.82, 2.24) is 20.7 Å². The molecule has 1 aromatic heterocycles. The summed E-state index contributed by atoms with van der Waals surface area (Å²) in [6.45, 7) is 11.1. The zero-order valence-corrected chi connectivity index (χ0v) is 21.8. The van der Waals surface area contributed by atoms with Crippen molar-refractivity contribution >= 4 is 29.0 Å². The first-order valence-electron chi connectivity index (χ1n) is 11.7. The number of carbonyl (C=O) groups is 2. The van der Waals surface area contributed by atoms with Gasteiger partial charge in [-0.1, -0.05) is 45.0 Å². The number of rotatable bonds is 5. The Morgan fingerprint density at radius 3 is 2.57 bits per heavy atom. The highest BCUT2D eigenvalue weighted by atomic mass is 32.1. The van der Waals surface area contributed by atoms with Crippen LogP contribution in [-0.2, 0) is 20.2 Å². The zero-order valence-electron chi connectivity index (χ0n) is 21.0. The molecule has 2 amide bonds. The number of aliphatic imine (C=N–C) groups is 1. The van der Waals surface area contributed by atoms with Gasteiger partial charge in [-0.25, -0.2) is 20.3 Å². The van der Waals surface area contributed by atoms with Crippen LogP contribution in [0.2, 0.25) is 0 Å². The molecule has 10 heteroatoms. The zero-order chi connectivity index (χ0) is 25.5. The number of thiazole rings is 1. The topological polar surface area (TPSA) is 116 Å². The molecule has 4 atom stereocenters. The molecule has 2 aliphatic rings. The number of hydroxylamine groups is 1. The lowest BCUT2D eigenvalue weighted by Crippen LogP contribution is -2.57. The van der Waals surface area contributed by atoms with Gasteiger partial charge in [0.1, 0.15) is 11.9 Å². The van der Waals surface area contributed by atoms with E-state index in [-0.39, 0.29) is 18.4 Å². The number of amidine groups is 1. The maximum Gasteiger partial charge on any atom is 0.246 e. The summed E-state index contributed by atoms with van der Waals surface area (Å²) in [5.41, 5.74) is 6.18. The Balaban J connectivity index is 1.58. The minimum atomic E-state index is -0.986. The van der Waals surface area contributed by atoms with Crippen LogP contribution in [-0.4, -0.2) is 57.4 Å². The van der Waals surface area contributed by atoms with Crippen LogP contribution in [0, 0.1) is 12.3 Å². The number of hydrogen-bond acceptors (Lipinski definition) is 8. The van der Waals surface area contributed by atoms with E-state index in [0.29, 0.717) is 12.3 Å². The molecule has 2 aromatic rings. The van der Waals surface area contributed by atoms with Gasteiger partial charge in [-0.15, -0.1) is 11.3 Å². The van der Waals surface area contributed by atoms with Gasteiger partial charge >= 0.3 is 0 Å². The number of β-amino-alcohol motifs (C(OH)–C–C–N with tert-alkyl or cyclic N) is 1. The van der Waals surface area contributed by atoms with Crippen molar-refractivity contribution in [3.05, 3.63) is 41.0 Å². The van der Waals surface area contributed by atoms with Crippen molar-refractivity contribution in [1.29, 1.82) is 0 Å².